The number of H-pyrrole nitrogens is 2. The Labute approximate surface area is 371 Å². The van der Waals surface area contributed by atoms with E-state index in [-0.39, 0.29) is 29.9 Å². The Hall–Kier alpha value is -7.00. The molecule has 332 valence electrons. The van der Waals surface area contributed by atoms with Crippen LogP contribution in [0.5, 0.6) is 0 Å². The van der Waals surface area contributed by atoms with Gasteiger partial charge in [0.2, 0.25) is 5.91 Å². The Morgan fingerprint density at radius 2 is 1.31 bits per heavy atom. The van der Waals surface area contributed by atoms with Gasteiger partial charge in [-0.2, -0.15) is 0 Å². The third-order valence-electron chi connectivity index (χ3n) is 12.2. The zero-order valence-electron chi connectivity index (χ0n) is 36.7. The Morgan fingerprint density at radius 1 is 0.719 bits per heavy atom. The van der Waals surface area contributed by atoms with E-state index in [1.165, 1.54) is 14.2 Å². The van der Waals surface area contributed by atoms with Gasteiger partial charge in [0.15, 0.2) is 0 Å². The molecule has 0 spiro atoms. The highest BCUT2D eigenvalue weighted by Crippen LogP contribution is 2.37. The fourth-order valence-electron chi connectivity index (χ4n) is 8.87. The highest BCUT2D eigenvalue weighted by atomic mass is 16.5. The smallest absolute Gasteiger partial charge is 0.407 e. The number of aromatic nitrogens is 4. The molecule has 0 saturated carbocycles. The standard InChI is InChI=1S/C49H54N8O7/c1-6-64-37-25-41(57(28-37)47(59)43(55-49(61)63-5)32-11-8-7-9-12-32)45-51-26-38(52-45)31-16-14-30(15-17-31)33-18-19-35-24-36(21-20-34(35)23-33)39-27-50-44(53-39)40-13-10-22-56(40)46(58)42(29(2)3)54-48(60)62-4/h7-9,11-12,14-21,23-24,26-27,29,37,40-43H,6,10,13,22,25,28H2,1-5H3,(H,50,53)(H,51,52)(H,54,60)(H,55,61). The Balaban J connectivity index is 0.961. The maximum absolute atomic E-state index is 14.2. The third kappa shape index (κ3) is 9.20. The monoisotopic (exact) mass is 866 g/mol. The van der Waals surface area contributed by atoms with Crippen LogP contribution < -0.4 is 10.6 Å². The van der Waals surface area contributed by atoms with E-state index in [9.17, 15) is 19.2 Å². The van der Waals surface area contributed by atoms with Crippen molar-refractivity contribution in [2.45, 2.75) is 70.3 Å². The van der Waals surface area contributed by atoms with Crippen molar-refractivity contribution in [3.8, 4) is 33.6 Å². The molecule has 2 aromatic heterocycles. The van der Waals surface area contributed by atoms with Crippen molar-refractivity contribution in [3.63, 3.8) is 0 Å². The van der Waals surface area contributed by atoms with E-state index >= 15 is 0 Å². The van der Waals surface area contributed by atoms with Crippen LogP contribution in [0.4, 0.5) is 9.59 Å². The summed E-state index contributed by atoms with van der Waals surface area (Å²) in [6, 6.07) is 27.9. The predicted octanol–water partition coefficient (Wildman–Crippen LogP) is 8.11. The van der Waals surface area contributed by atoms with E-state index in [0.29, 0.717) is 37.5 Å². The average molecular weight is 867 g/mol. The molecular weight excluding hydrogens is 813 g/mol. The maximum Gasteiger partial charge on any atom is 0.407 e. The molecule has 2 saturated heterocycles. The molecule has 0 radical (unpaired) electrons. The topological polar surface area (TPSA) is 184 Å². The quantitative estimate of drug-likeness (QED) is 0.0891. The molecule has 4 N–H and O–H groups in total. The van der Waals surface area contributed by atoms with Crippen molar-refractivity contribution in [1.82, 2.24) is 40.4 Å². The molecule has 4 amide bonds. The number of carbonyl (C=O) groups is 4. The second-order valence-corrected chi connectivity index (χ2v) is 16.6. The molecule has 15 heteroatoms. The van der Waals surface area contributed by atoms with E-state index in [0.717, 1.165) is 63.1 Å². The predicted molar refractivity (Wildman–Crippen MR) is 242 cm³/mol. The summed E-state index contributed by atoms with van der Waals surface area (Å²) < 4.78 is 15.6. The van der Waals surface area contributed by atoms with Gasteiger partial charge in [0, 0.05) is 31.7 Å². The molecule has 2 aliphatic rings. The number of nitrogens with one attached hydrogen (secondary N) is 4. The van der Waals surface area contributed by atoms with Crippen molar-refractivity contribution in [2.24, 2.45) is 5.92 Å². The number of hydrogen-bond donors (Lipinski definition) is 4. The average Bonchev–Trinajstić information content (AvgIpc) is 4.17. The Bertz CT molecular complexity index is 2610. The minimum absolute atomic E-state index is 0.112. The molecule has 15 nitrogen and oxygen atoms in total. The summed E-state index contributed by atoms with van der Waals surface area (Å²) in [4.78, 5) is 72.2. The number of alkyl carbamates (subject to hydrolysis) is 2. The minimum atomic E-state index is -0.947. The molecule has 0 bridgehead atoms. The lowest BCUT2D eigenvalue weighted by molar-refractivity contribution is -0.136. The fraction of sp³-hybridized carbons (Fsp3) is 0.347. The number of amides is 4. The Morgan fingerprint density at radius 3 is 1.97 bits per heavy atom. The molecule has 2 fully saturated rings. The van der Waals surface area contributed by atoms with Crippen LogP contribution in [0.3, 0.4) is 0 Å². The van der Waals surface area contributed by atoms with E-state index in [2.05, 4.69) is 81.3 Å². The van der Waals surface area contributed by atoms with E-state index in [1.54, 1.807) is 23.2 Å². The first-order chi connectivity index (χ1) is 31.0. The summed E-state index contributed by atoms with van der Waals surface area (Å²) in [7, 11) is 2.56. The van der Waals surface area contributed by atoms with Crippen molar-refractivity contribution in [2.75, 3.05) is 33.9 Å². The summed E-state index contributed by atoms with van der Waals surface area (Å²) in [6.45, 7) is 7.19. The van der Waals surface area contributed by atoms with Crippen molar-refractivity contribution in [3.05, 3.63) is 121 Å². The number of imidazole rings is 2. The number of nitrogens with zero attached hydrogens (tertiary/aromatic N) is 4. The first kappa shape index (κ1) is 43.6. The highest BCUT2D eigenvalue weighted by molar-refractivity contribution is 5.91. The van der Waals surface area contributed by atoms with Crippen LogP contribution in [0.2, 0.25) is 0 Å². The van der Waals surface area contributed by atoms with Crippen LogP contribution in [0.25, 0.3) is 44.4 Å². The first-order valence-corrected chi connectivity index (χ1v) is 21.8. The van der Waals surface area contributed by atoms with Gasteiger partial charge in [-0.25, -0.2) is 19.6 Å². The number of hydrogen-bond acceptors (Lipinski definition) is 9. The summed E-state index contributed by atoms with van der Waals surface area (Å²) in [5.41, 5.74) is 6.38. The number of rotatable bonds is 13. The normalized spacial score (nSPS) is 18.2. The lowest BCUT2D eigenvalue weighted by Gasteiger charge is -2.30. The van der Waals surface area contributed by atoms with Gasteiger partial charge in [-0.05, 0) is 70.8 Å². The van der Waals surface area contributed by atoms with Gasteiger partial charge >= 0.3 is 12.2 Å². The lowest BCUT2D eigenvalue weighted by Crippen LogP contribution is -2.51. The summed E-state index contributed by atoms with van der Waals surface area (Å²) in [5, 5.41) is 7.59. The number of ether oxygens (including phenoxy) is 3. The number of likely N-dealkylation sites (tertiary alicyclic amines) is 2. The van der Waals surface area contributed by atoms with Gasteiger partial charge in [-0.15, -0.1) is 0 Å². The molecule has 6 aromatic rings. The SMILES string of the molecule is CCOC1CC(c2ncc(-c3ccc(-c4ccc5cc(-c6cnc(C7CCCN7C(=O)C(NC(=O)OC)C(C)C)[nH]6)ccc5c4)cc3)[nH]2)N(C(=O)C(NC(=O)OC)c2ccccc2)C1. The van der Waals surface area contributed by atoms with E-state index in [4.69, 9.17) is 24.2 Å². The summed E-state index contributed by atoms with van der Waals surface area (Å²) >= 11 is 0. The largest absolute Gasteiger partial charge is 0.453 e. The fourth-order valence-corrected chi connectivity index (χ4v) is 8.87. The van der Waals surface area contributed by atoms with Gasteiger partial charge in [-0.1, -0.05) is 92.7 Å². The van der Waals surface area contributed by atoms with E-state index in [1.807, 2.05) is 50.1 Å². The number of benzene rings is 4. The zero-order chi connectivity index (χ0) is 44.9. The van der Waals surface area contributed by atoms with Crippen molar-refractivity contribution in [1.29, 1.82) is 0 Å². The number of methoxy groups -OCH3 is 2. The molecule has 5 unspecified atom stereocenters. The highest BCUT2D eigenvalue weighted by Gasteiger charge is 2.42. The van der Waals surface area contributed by atoms with Crippen LogP contribution in [0, 0.1) is 5.92 Å². The second kappa shape index (κ2) is 19.2. The number of fused-ring (bicyclic) bond motifs is 1. The second-order valence-electron chi connectivity index (χ2n) is 16.6. The van der Waals surface area contributed by atoms with Gasteiger partial charge in [0.05, 0.1) is 56.2 Å². The molecule has 4 heterocycles. The molecule has 4 aromatic carbocycles. The number of carbonyl (C=O) groups excluding carboxylic acids is 4. The van der Waals surface area contributed by atoms with Gasteiger partial charge < -0.3 is 44.6 Å². The lowest BCUT2D eigenvalue weighted by atomic mass is 9.98. The third-order valence-corrected chi connectivity index (χ3v) is 12.2. The summed E-state index contributed by atoms with van der Waals surface area (Å²) in [5.74, 6) is 0.829. The number of aromatic amines is 2. The summed E-state index contributed by atoms with van der Waals surface area (Å²) in [6.07, 6.45) is 4.26. The maximum atomic E-state index is 14.2. The van der Waals surface area contributed by atoms with Crippen LogP contribution in [-0.2, 0) is 23.8 Å². The Kier molecular flexibility index (Phi) is 13.1. The molecule has 8 rings (SSSR count). The zero-order valence-corrected chi connectivity index (χ0v) is 36.7. The van der Waals surface area contributed by atoms with Crippen LogP contribution >= 0.6 is 0 Å². The van der Waals surface area contributed by atoms with Gasteiger partial charge in [0.1, 0.15) is 23.7 Å². The van der Waals surface area contributed by atoms with Crippen LogP contribution in [0.15, 0.2) is 103 Å². The molecule has 2 aliphatic heterocycles. The van der Waals surface area contributed by atoms with Gasteiger partial charge in [0.25, 0.3) is 5.91 Å². The molecule has 0 aliphatic carbocycles. The van der Waals surface area contributed by atoms with Gasteiger partial charge in [-0.3, -0.25) is 9.59 Å². The van der Waals surface area contributed by atoms with Crippen LogP contribution in [0.1, 0.15) is 75.4 Å². The molecular formula is C49H54N8O7. The van der Waals surface area contributed by atoms with E-state index < -0.39 is 30.3 Å². The van der Waals surface area contributed by atoms with Crippen molar-refractivity contribution >= 4 is 34.8 Å². The molecule has 5 atom stereocenters. The van der Waals surface area contributed by atoms with Crippen LogP contribution in [-0.4, -0.2) is 99.8 Å². The molecule has 64 heavy (non-hydrogen) atoms. The van der Waals surface area contributed by atoms with Crippen molar-refractivity contribution < 1.29 is 33.4 Å². The minimum Gasteiger partial charge on any atom is -0.453 e. The first-order valence-electron chi connectivity index (χ1n) is 21.8.